The van der Waals surface area contributed by atoms with Gasteiger partial charge in [-0.3, -0.25) is 4.79 Å². The summed E-state index contributed by atoms with van der Waals surface area (Å²) in [5.41, 5.74) is -0.195. The number of hydrogen-bond acceptors (Lipinski definition) is 3. The Kier molecular flexibility index (Phi) is 5.15. The number of pyridine rings is 1. The monoisotopic (exact) mass is 363 g/mol. The van der Waals surface area contributed by atoms with E-state index < -0.39 is 17.8 Å². The van der Waals surface area contributed by atoms with E-state index in [1.165, 1.54) is 18.3 Å². The molecule has 0 spiro atoms. The van der Waals surface area contributed by atoms with Gasteiger partial charge in [-0.1, -0.05) is 18.2 Å². The van der Waals surface area contributed by atoms with Gasteiger partial charge in [0.25, 0.3) is 5.91 Å². The van der Waals surface area contributed by atoms with Crippen molar-refractivity contribution in [1.29, 1.82) is 0 Å². The highest BCUT2D eigenvalue weighted by Crippen LogP contribution is 2.35. The molecule has 0 aliphatic carbocycles. The Hall–Kier alpha value is -2.57. The van der Waals surface area contributed by atoms with Crippen molar-refractivity contribution < 1.29 is 18.0 Å². The quantitative estimate of drug-likeness (QED) is 0.869. The molecular formula is C19H20F3N3O. The summed E-state index contributed by atoms with van der Waals surface area (Å²) in [4.78, 5) is 18.6. The Morgan fingerprint density at radius 3 is 2.54 bits per heavy atom. The first kappa shape index (κ1) is 18.2. The van der Waals surface area contributed by atoms with Crippen molar-refractivity contribution in [2.45, 2.75) is 32.0 Å². The molecule has 1 aliphatic rings. The highest BCUT2D eigenvalue weighted by molar-refractivity contribution is 5.98. The van der Waals surface area contributed by atoms with Crippen LogP contribution in [0.4, 0.5) is 19.0 Å². The number of carbonyl (C=O) groups is 1. The summed E-state index contributed by atoms with van der Waals surface area (Å²) in [5, 5.41) is 2.99. The topological polar surface area (TPSA) is 45.2 Å². The van der Waals surface area contributed by atoms with Gasteiger partial charge in [0.1, 0.15) is 5.82 Å². The molecule has 4 nitrogen and oxygen atoms in total. The Morgan fingerprint density at radius 1 is 1.15 bits per heavy atom. The number of nitrogens with one attached hydrogen (secondary N) is 1. The predicted octanol–water partition coefficient (Wildman–Crippen LogP) is 4.51. The zero-order valence-electron chi connectivity index (χ0n) is 14.4. The highest BCUT2D eigenvalue weighted by atomic mass is 19.4. The fraction of sp³-hybridized carbons (Fsp3) is 0.368. The summed E-state index contributed by atoms with van der Waals surface area (Å²) in [5.74, 6) is 0.156. The van der Waals surface area contributed by atoms with E-state index in [1.54, 1.807) is 30.0 Å². The first-order valence-corrected chi connectivity index (χ1v) is 8.55. The van der Waals surface area contributed by atoms with Gasteiger partial charge < -0.3 is 10.2 Å². The van der Waals surface area contributed by atoms with E-state index in [2.05, 4.69) is 10.3 Å². The second-order valence-electron chi connectivity index (χ2n) is 6.35. The average molecular weight is 363 g/mol. The molecule has 1 aliphatic heterocycles. The summed E-state index contributed by atoms with van der Waals surface area (Å²) in [6.45, 7) is 3.02. The molecule has 138 valence electrons. The number of alkyl halides is 3. The van der Waals surface area contributed by atoms with Crippen LogP contribution in [0.5, 0.6) is 0 Å². The zero-order chi connectivity index (χ0) is 18.7. The number of anilines is 1. The number of nitrogens with zero attached hydrogens (tertiary/aromatic N) is 2. The maximum Gasteiger partial charge on any atom is 0.416 e. The maximum atomic E-state index is 13.3. The molecule has 1 atom stereocenters. The van der Waals surface area contributed by atoms with Gasteiger partial charge in [0.05, 0.1) is 17.2 Å². The maximum absolute atomic E-state index is 13.3. The smallest absolute Gasteiger partial charge is 0.363 e. The first-order valence-electron chi connectivity index (χ1n) is 8.55. The third-order valence-corrected chi connectivity index (χ3v) is 4.52. The second-order valence-corrected chi connectivity index (χ2v) is 6.35. The van der Waals surface area contributed by atoms with E-state index in [1.807, 2.05) is 0 Å². The van der Waals surface area contributed by atoms with Gasteiger partial charge in [-0.25, -0.2) is 4.98 Å². The van der Waals surface area contributed by atoms with Crippen molar-refractivity contribution in [3.63, 3.8) is 0 Å². The number of amides is 1. The largest absolute Gasteiger partial charge is 0.416 e. The van der Waals surface area contributed by atoms with E-state index >= 15 is 0 Å². The van der Waals surface area contributed by atoms with Gasteiger partial charge in [-0.2, -0.15) is 13.2 Å². The molecule has 1 unspecified atom stereocenters. The lowest BCUT2D eigenvalue weighted by Gasteiger charge is -2.22. The molecular weight excluding hydrogens is 343 g/mol. The molecule has 1 aromatic carbocycles. The van der Waals surface area contributed by atoms with Crippen molar-refractivity contribution in [3.8, 4) is 0 Å². The average Bonchev–Trinajstić information content (AvgIpc) is 3.15. The molecule has 7 heteroatoms. The van der Waals surface area contributed by atoms with E-state index in [4.69, 9.17) is 0 Å². The molecule has 0 radical (unpaired) electrons. The van der Waals surface area contributed by atoms with Crippen LogP contribution < -0.4 is 5.32 Å². The number of likely N-dealkylation sites (tertiary alicyclic amines) is 1. The fourth-order valence-electron chi connectivity index (χ4n) is 3.20. The Balaban J connectivity index is 1.87. The van der Waals surface area contributed by atoms with Crippen LogP contribution in [0.2, 0.25) is 0 Å². The summed E-state index contributed by atoms with van der Waals surface area (Å²) in [6.07, 6.45) is -0.995. The van der Waals surface area contributed by atoms with Crippen LogP contribution in [-0.2, 0) is 6.18 Å². The lowest BCUT2D eigenvalue weighted by molar-refractivity contribution is -0.138. The molecule has 2 aromatic rings. The van der Waals surface area contributed by atoms with Crippen molar-refractivity contribution in [2.75, 3.05) is 18.4 Å². The van der Waals surface area contributed by atoms with Crippen LogP contribution in [0, 0.1) is 0 Å². The SMILES string of the molecule is CC(Nc1ncccc1C(=O)N1CCCC1)c1ccccc1C(F)(F)F. The number of halogens is 3. The van der Waals surface area contributed by atoms with Gasteiger partial charge >= 0.3 is 6.18 Å². The number of benzene rings is 1. The lowest BCUT2D eigenvalue weighted by Crippen LogP contribution is -2.29. The number of carbonyl (C=O) groups excluding carboxylic acids is 1. The van der Waals surface area contributed by atoms with Crippen LogP contribution in [0.1, 0.15) is 47.3 Å². The van der Waals surface area contributed by atoms with Crippen molar-refractivity contribution in [1.82, 2.24) is 9.88 Å². The third-order valence-electron chi connectivity index (χ3n) is 4.52. The lowest BCUT2D eigenvalue weighted by atomic mass is 10.0. The summed E-state index contributed by atoms with van der Waals surface area (Å²) >= 11 is 0. The minimum atomic E-state index is -4.44. The van der Waals surface area contributed by atoms with Crippen molar-refractivity contribution >= 4 is 11.7 Å². The van der Waals surface area contributed by atoms with E-state index in [-0.39, 0.29) is 11.5 Å². The third kappa shape index (κ3) is 3.81. The zero-order valence-corrected chi connectivity index (χ0v) is 14.4. The minimum Gasteiger partial charge on any atom is -0.363 e. The van der Waals surface area contributed by atoms with Crippen LogP contribution in [0.3, 0.4) is 0 Å². The van der Waals surface area contributed by atoms with E-state index in [9.17, 15) is 18.0 Å². The summed E-state index contributed by atoms with van der Waals surface area (Å²) in [7, 11) is 0. The van der Waals surface area contributed by atoms with Crippen molar-refractivity contribution in [2.24, 2.45) is 0 Å². The Labute approximate surface area is 150 Å². The molecule has 0 bridgehead atoms. The minimum absolute atomic E-state index is 0.116. The molecule has 2 heterocycles. The molecule has 3 rings (SSSR count). The molecule has 1 saturated heterocycles. The Bertz CT molecular complexity index is 786. The highest BCUT2D eigenvalue weighted by Gasteiger charge is 2.34. The number of rotatable bonds is 4. The van der Waals surface area contributed by atoms with Gasteiger partial charge in [0, 0.05) is 19.3 Å². The van der Waals surface area contributed by atoms with E-state index in [0.29, 0.717) is 24.5 Å². The number of hydrogen-bond donors (Lipinski definition) is 1. The standard InChI is InChI=1S/C19H20F3N3O/c1-13(14-7-2-3-9-16(14)19(20,21)22)24-17-15(8-6-10-23-17)18(26)25-11-4-5-12-25/h2-3,6-10,13H,4-5,11-12H2,1H3,(H,23,24). The van der Waals surface area contributed by atoms with Crippen LogP contribution in [0.25, 0.3) is 0 Å². The van der Waals surface area contributed by atoms with Gasteiger partial charge in [0.2, 0.25) is 0 Å². The molecule has 1 aromatic heterocycles. The van der Waals surface area contributed by atoms with Gasteiger partial charge in [0.15, 0.2) is 0 Å². The summed E-state index contributed by atoms with van der Waals surface area (Å²) < 4.78 is 39.8. The van der Waals surface area contributed by atoms with Crippen LogP contribution in [-0.4, -0.2) is 28.9 Å². The van der Waals surface area contributed by atoms with Gasteiger partial charge in [-0.05, 0) is 43.5 Å². The van der Waals surface area contributed by atoms with E-state index in [0.717, 1.165) is 18.9 Å². The number of aromatic nitrogens is 1. The molecule has 1 fully saturated rings. The molecule has 26 heavy (non-hydrogen) atoms. The van der Waals surface area contributed by atoms with Crippen LogP contribution >= 0.6 is 0 Å². The Morgan fingerprint density at radius 2 is 1.85 bits per heavy atom. The van der Waals surface area contributed by atoms with Crippen molar-refractivity contribution in [3.05, 3.63) is 59.3 Å². The molecule has 0 saturated carbocycles. The normalized spacial score (nSPS) is 15.8. The summed E-state index contributed by atoms with van der Waals surface area (Å²) in [6, 6.07) is 8.07. The van der Waals surface area contributed by atoms with Gasteiger partial charge in [-0.15, -0.1) is 0 Å². The van der Waals surface area contributed by atoms with Crippen LogP contribution in [0.15, 0.2) is 42.6 Å². The first-order chi connectivity index (χ1) is 12.4. The molecule has 1 amide bonds. The second kappa shape index (κ2) is 7.35. The predicted molar refractivity (Wildman–Crippen MR) is 92.9 cm³/mol. The molecule has 1 N–H and O–H groups in total. The fourth-order valence-corrected chi connectivity index (χ4v) is 3.20.